The summed E-state index contributed by atoms with van der Waals surface area (Å²) in [6.07, 6.45) is 9.31. The number of carbonyl (C=O) groups is 1. The van der Waals surface area contributed by atoms with Crippen LogP contribution in [-0.2, 0) is 4.79 Å². The lowest BCUT2D eigenvalue weighted by Gasteiger charge is -2.34. The van der Waals surface area contributed by atoms with Gasteiger partial charge < -0.3 is 16.2 Å². The molecule has 0 aromatic carbocycles. The predicted molar refractivity (Wildman–Crippen MR) is 75.5 cm³/mol. The van der Waals surface area contributed by atoms with E-state index >= 15 is 0 Å². The molecule has 0 aromatic rings. The van der Waals surface area contributed by atoms with Crippen LogP contribution in [0.2, 0.25) is 0 Å². The summed E-state index contributed by atoms with van der Waals surface area (Å²) in [4.78, 5) is 12.3. The Morgan fingerprint density at radius 2 is 1.84 bits per heavy atom. The highest BCUT2D eigenvalue weighted by molar-refractivity contribution is 5.79. The molecule has 0 radical (unpaired) electrons. The van der Waals surface area contributed by atoms with Crippen molar-refractivity contribution in [2.75, 3.05) is 13.1 Å². The third kappa shape index (κ3) is 3.93. The molecule has 2 aliphatic rings. The van der Waals surface area contributed by atoms with E-state index in [1.165, 1.54) is 12.8 Å². The molecule has 4 nitrogen and oxygen atoms in total. The van der Waals surface area contributed by atoms with Crippen LogP contribution in [0.4, 0.5) is 0 Å². The van der Waals surface area contributed by atoms with Crippen LogP contribution in [0.15, 0.2) is 0 Å². The van der Waals surface area contributed by atoms with E-state index in [0.29, 0.717) is 19.0 Å². The third-order valence-electron chi connectivity index (χ3n) is 4.92. The summed E-state index contributed by atoms with van der Waals surface area (Å²) in [6.45, 7) is 1.02. The highest BCUT2D eigenvalue weighted by Gasteiger charge is 2.33. The minimum atomic E-state index is -0.666. The summed E-state index contributed by atoms with van der Waals surface area (Å²) in [5, 5.41) is 13.4. The minimum Gasteiger partial charge on any atom is -0.388 e. The number of amides is 1. The van der Waals surface area contributed by atoms with Crippen molar-refractivity contribution < 1.29 is 9.90 Å². The number of hydrogen-bond acceptors (Lipinski definition) is 3. The fraction of sp³-hybridized carbons (Fsp3) is 0.933. The van der Waals surface area contributed by atoms with Crippen LogP contribution in [0.5, 0.6) is 0 Å². The Labute approximate surface area is 116 Å². The van der Waals surface area contributed by atoms with E-state index < -0.39 is 5.60 Å². The maximum Gasteiger partial charge on any atom is 0.223 e. The first-order valence-electron chi connectivity index (χ1n) is 7.85. The molecule has 2 saturated carbocycles. The lowest BCUT2D eigenvalue weighted by atomic mass is 9.78. The first-order chi connectivity index (χ1) is 9.14. The quantitative estimate of drug-likeness (QED) is 0.724. The van der Waals surface area contributed by atoms with Gasteiger partial charge in [-0.25, -0.2) is 0 Å². The van der Waals surface area contributed by atoms with Crippen LogP contribution in [-0.4, -0.2) is 29.7 Å². The van der Waals surface area contributed by atoms with Gasteiger partial charge in [0.1, 0.15) is 0 Å². The number of aliphatic hydroxyl groups is 1. The van der Waals surface area contributed by atoms with Gasteiger partial charge in [-0.15, -0.1) is 0 Å². The van der Waals surface area contributed by atoms with E-state index in [4.69, 9.17) is 5.73 Å². The molecular weight excluding hydrogens is 240 g/mol. The number of carbonyl (C=O) groups excluding carboxylic acids is 1. The van der Waals surface area contributed by atoms with Crippen LogP contribution < -0.4 is 11.1 Å². The molecule has 110 valence electrons. The first kappa shape index (κ1) is 14.8. The van der Waals surface area contributed by atoms with E-state index in [0.717, 1.165) is 44.9 Å². The van der Waals surface area contributed by atoms with Crippen molar-refractivity contribution in [2.24, 2.45) is 17.6 Å². The van der Waals surface area contributed by atoms with Gasteiger partial charge in [-0.05, 0) is 38.1 Å². The number of rotatable bonds is 4. The van der Waals surface area contributed by atoms with Crippen molar-refractivity contribution in [3.8, 4) is 0 Å². The zero-order chi connectivity index (χ0) is 13.7. The SMILES string of the molecule is NCC1CCCCC1C(=O)NCC1(O)CCCCC1. The van der Waals surface area contributed by atoms with Gasteiger partial charge in [-0.2, -0.15) is 0 Å². The molecule has 2 unspecified atom stereocenters. The van der Waals surface area contributed by atoms with Crippen molar-refractivity contribution in [1.29, 1.82) is 0 Å². The van der Waals surface area contributed by atoms with E-state index in [1.807, 2.05) is 0 Å². The topological polar surface area (TPSA) is 75.4 Å². The van der Waals surface area contributed by atoms with Gasteiger partial charge in [0.15, 0.2) is 0 Å². The van der Waals surface area contributed by atoms with Crippen LogP contribution >= 0.6 is 0 Å². The second-order valence-electron chi connectivity index (χ2n) is 6.39. The maximum absolute atomic E-state index is 12.3. The molecule has 0 heterocycles. The molecule has 4 heteroatoms. The van der Waals surface area contributed by atoms with E-state index in [2.05, 4.69) is 5.32 Å². The lowest BCUT2D eigenvalue weighted by molar-refractivity contribution is -0.129. The Balaban J connectivity index is 1.82. The smallest absolute Gasteiger partial charge is 0.223 e. The van der Waals surface area contributed by atoms with Crippen molar-refractivity contribution >= 4 is 5.91 Å². The number of nitrogens with one attached hydrogen (secondary N) is 1. The van der Waals surface area contributed by atoms with Crippen LogP contribution in [0.25, 0.3) is 0 Å². The van der Waals surface area contributed by atoms with Crippen LogP contribution in [0, 0.1) is 11.8 Å². The summed E-state index contributed by atoms with van der Waals surface area (Å²) in [6, 6.07) is 0. The van der Waals surface area contributed by atoms with Gasteiger partial charge in [-0.3, -0.25) is 4.79 Å². The summed E-state index contributed by atoms with van der Waals surface area (Å²) >= 11 is 0. The average Bonchev–Trinajstić information content (AvgIpc) is 2.45. The Morgan fingerprint density at radius 1 is 1.16 bits per heavy atom. The average molecular weight is 268 g/mol. The van der Waals surface area contributed by atoms with Gasteiger partial charge in [0.05, 0.1) is 5.60 Å². The van der Waals surface area contributed by atoms with Crippen molar-refractivity contribution in [2.45, 2.75) is 63.4 Å². The lowest BCUT2D eigenvalue weighted by Crippen LogP contribution is -2.47. The highest BCUT2D eigenvalue weighted by Crippen LogP contribution is 2.30. The second-order valence-corrected chi connectivity index (χ2v) is 6.39. The highest BCUT2D eigenvalue weighted by atomic mass is 16.3. The summed E-state index contributed by atoms with van der Waals surface area (Å²) in [7, 11) is 0. The zero-order valence-corrected chi connectivity index (χ0v) is 11.9. The van der Waals surface area contributed by atoms with E-state index in [-0.39, 0.29) is 11.8 Å². The maximum atomic E-state index is 12.3. The molecule has 1 amide bonds. The Kier molecular flexibility index (Phi) is 5.22. The summed E-state index contributed by atoms with van der Waals surface area (Å²) < 4.78 is 0. The summed E-state index contributed by atoms with van der Waals surface area (Å²) in [5.41, 5.74) is 5.10. The van der Waals surface area contributed by atoms with Crippen LogP contribution in [0.3, 0.4) is 0 Å². The molecule has 19 heavy (non-hydrogen) atoms. The molecule has 0 spiro atoms. The number of nitrogens with two attached hydrogens (primary N) is 1. The molecule has 2 atom stereocenters. The Bertz CT molecular complexity index is 301. The normalized spacial score (nSPS) is 30.8. The largest absolute Gasteiger partial charge is 0.388 e. The number of hydrogen-bond donors (Lipinski definition) is 3. The Hall–Kier alpha value is -0.610. The van der Waals surface area contributed by atoms with Gasteiger partial charge in [0, 0.05) is 12.5 Å². The standard InChI is InChI=1S/C15H28N2O2/c16-10-12-6-2-3-7-13(12)14(18)17-11-15(19)8-4-1-5-9-15/h12-13,19H,1-11,16H2,(H,17,18). The molecule has 0 bridgehead atoms. The first-order valence-corrected chi connectivity index (χ1v) is 7.85. The van der Waals surface area contributed by atoms with Crippen molar-refractivity contribution in [1.82, 2.24) is 5.32 Å². The Morgan fingerprint density at radius 3 is 2.53 bits per heavy atom. The predicted octanol–water partition coefficient (Wildman–Crippen LogP) is 1.56. The molecule has 0 aromatic heterocycles. The third-order valence-corrected chi connectivity index (χ3v) is 4.92. The van der Waals surface area contributed by atoms with Crippen LogP contribution in [0.1, 0.15) is 57.8 Å². The molecule has 0 aliphatic heterocycles. The van der Waals surface area contributed by atoms with Crippen molar-refractivity contribution in [3.63, 3.8) is 0 Å². The molecule has 0 saturated heterocycles. The van der Waals surface area contributed by atoms with E-state index in [1.54, 1.807) is 0 Å². The van der Waals surface area contributed by atoms with Gasteiger partial charge in [0.2, 0.25) is 5.91 Å². The summed E-state index contributed by atoms with van der Waals surface area (Å²) in [5.74, 6) is 0.495. The fourth-order valence-corrected chi connectivity index (χ4v) is 3.60. The second kappa shape index (κ2) is 6.71. The zero-order valence-electron chi connectivity index (χ0n) is 11.9. The molecular formula is C15H28N2O2. The monoisotopic (exact) mass is 268 g/mol. The minimum absolute atomic E-state index is 0.0611. The molecule has 2 aliphatic carbocycles. The van der Waals surface area contributed by atoms with Crippen molar-refractivity contribution in [3.05, 3.63) is 0 Å². The van der Waals surface area contributed by atoms with Gasteiger partial charge >= 0.3 is 0 Å². The van der Waals surface area contributed by atoms with Gasteiger partial charge in [0.25, 0.3) is 0 Å². The molecule has 4 N–H and O–H groups in total. The van der Waals surface area contributed by atoms with E-state index in [9.17, 15) is 9.90 Å². The fourth-order valence-electron chi connectivity index (χ4n) is 3.60. The molecule has 2 fully saturated rings. The van der Waals surface area contributed by atoms with Gasteiger partial charge in [-0.1, -0.05) is 32.1 Å². The molecule has 2 rings (SSSR count).